The van der Waals surface area contributed by atoms with E-state index in [1.807, 2.05) is 26.8 Å². The second kappa shape index (κ2) is 2.95. The first-order valence-corrected chi connectivity index (χ1v) is 4.01. The van der Waals surface area contributed by atoms with E-state index in [0.29, 0.717) is 6.42 Å². The van der Waals surface area contributed by atoms with Crippen LogP contribution >= 0.6 is 0 Å². The Labute approximate surface area is 67.9 Å². The van der Waals surface area contributed by atoms with E-state index in [9.17, 15) is 0 Å². The number of hydrogen-bond acceptors (Lipinski definition) is 2. The quantitative estimate of drug-likeness (QED) is 0.583. The van der Waals surface area contributed by atoms with Gasteiger partial charge in [-0.05, 0) is 20.8 Å². The van der Waals surface area contributed by atoms with E-state index in [1.54, 1.807) is 6.08 Å². The molecule has 2 atom stereocenters. The molecule has 0 fully saturated rings. The summed E-state index contributed by atoms with van der Waals surface area (Å²) in [6, 6.07) is 0. The molecular weight excluding hydrogens is 140 g/mol. The second-order valence-electron chi connectivity index (χ2n) is 3.96. The molecule has 0 spiro atoms. The lowest BCUT2D eigenvalue weighted by molar-refractivity contribution is -0.0449. The van der Waals surface area contributed by atoms with Crippen LogP contribution in [0.5, 0.6) is 0 Å². The third-order valence-electron chi connectivity index (χ3n) is 1.53. The Kier molecular flexibility index (Phi) is 2.35. The van der Waals surface area contributed by atoms with E-state index >= 15 is 0 Å². The van der Waals surface area contributed by atoms with Crippen LogP contribution in [-0.2, 0) is 4.74 Å². The normalized spacial score (nSPS) is 31.3. The molecule has 0 radical (unpaired) electrons. The highest BCUT2D eigenvalue weighted by molar-refractivity contribution is 5.04. The lowest BCUT2D eigenvalue weighted by atomic mass is 10.1. The van der Waals surface area contributed by atoms with Crippen molar-refractivity contribution in [2.24, 2.45) is 0 Å². The summed E-state index contributed by atoms with van der Waals surface area (Å²) in [4.78, 5) is 0. The lowest BCUT2D eigenvalue weighted by Crippen LogP contribution is -2.26. The predicted octanol–water partition coefficient (Wildman–Crippen LogP) is 1.49. The minimum Gasteiger partial charge on any atom is -0.389 e. The molecule has 2 unspecified atom stereocenters. The van der Waals surface area contributed by atoms with E-state index in [4.69, 9.17) is 9.84 Å². The van der Waals surface area contributed by atoms with Crippen molar-refractivity contribution in [3.8, 4) is 0 Å². The largest absolute Gasteiger partial charge is 0.389 e. The number of rotatable bonds is 1. The Morgan fingerprint density at radius 1 is 1.36 bits per heavy atom. The van der Waals surface area contributed by atoms with Crippen LogP contribution < -0.4 is 0 Å². The van der Waals surface area contributed by atoms with Gasteiger partial charge in [0, 0.05) is 6.42 Å². The maximum Gasteiger partial charge on any atom is 0.0791 e. The van der Waals surface area contributed by atoms with Gasteiger partial charge >= 0.3 is 0 Å². The van der Waals surface area contributed by atoms with Crippen molar-refractivity contribution in [3.05, 3.63) is 12.2 Å². The molecule has 1 N–H and O–H groups in total. The topological polar surface area (TPSA) is 29.5 Å². The van der Waals surface area contributed by atoms with E-state index < -0.39 is 0 Å². The Balaban J connectivity index is 2.36. The lowest BCUT2D eigenvalue weighted by Gasteiger charge is -2.23. The van der Waals surface area contributed by atoms with Crippen LogP contribution in [0.4, 0.5) is 0 Å². The summed E-state index contributed by atoms with van der Waals surface area (Å²) < 4.78 is 5.62. The SMILES string of the molecule is CC(C)(C)OC1C=CC(O)C1. The summed E-state index contributed by atoms with van der Waals surface area (Å²) in [5, 5.41) is 9.13. The fourth-order valence-corrected chi connectivity index (χ4v) is 1.19. The number of hydrogen-bond donors (Lipinski definition) is 1. The first-order valence-electron chi connectivity index (χ1n) is 4.01. The second-order valence-corrected chi connectivity index (χ2v) is 3.96. The molecule has 1 rings (SSSR count). The summed E-state index contributed by atoms with van der Waals surface area (Å²) in [6.07, 6.45) is 4.22. The van der Waals surface area contributed by atoms with Crippen molar-refractivity contribution in [1.82, 2.24) is 0 Å². The Bertz CT molecular complexity index is 155. The molecule has 11 heavy (non-hydrogen) atoms. The van der Waals surface area contributed by atoms with Gasteiger partial charge in [0.05, 0.1) is 17.8 Å². The first-order chi connectivity index (χ1) is 4.97. The molecule has 1 aliphatic rings. The van der Waals surface area contributed by atoms with Crippen LogP contribution in [0.2, 0.25) is 0 Å². The molecule has 0 saturated carbocycles. The molecule has 0 aliphatic heterocycles. The summed E-state index contributed by atoms with van der Waals surface area (Å²) in [7, 11) is 0. The van der Waals surface area contributed by atoms with E-state index in [2.05, 4.69) is 0 Å². The van der Waals surface area contributed by atoms with Gasteiger partial charge in [-0.25, -0.2) is 0 Å². The average molecular weight is 156 g/mol. The van der Waals surface area contributed by atoms with Gasteiger partial charge in [-0.2, -0.15) is 0 Å². The Morgan fingerprint density at radius 2 is 2.00 bits per heavy atom. The summed E-state index contributed by atoms with van der Waals surface area (Å²) >= 11 is 0. The molecule has 2 heteroatoms. The fourth-order valence-electron chi connectivity index (χ4n) is 1.19. The molecule has 2 nitrogen and oxygen atoms in total. The summed E-state index contributed by atoms with van der Waals surface area (Å²) in [5.74, 6) is 0. The van der Waals surface area contributed by atoms with Crippen molar-refractivity contribution < 1.29 is 9.84 Å². The van der Waals surface area contributed by atoms with Gasteiger partial charge in [-0.15, -0.1) is 0 Å². The minimum absolute atomic E-state index is 0.102. The third kappa shape index (κ3) is 3.04. The van der Waals surface area contributed by atoms with Crippen LogP contribution in [0.15, 0.2) is 12.2 Å². The van der Waals surface area contributed by atoms with E-state index in [0.717, 1.165) is 0 Å². The number of aliphatic hydroxyl groups excluding tert-OH is 1. The van der Waals surface area contributed by atoms with Crippen LogP contribution in [0.25, 0.3) is 0 Å². The minimum atomic E-state index is -0.303. The molecule has 0 amide bonds. The Hall–Kier alpha value is -0.340. The molecule has 0 aromatic heterocycles. The maximum absolute atomic E-state index is 9.13. The Morgan fingerprint density at radius 3 is 2.36 bits per heavy atom. The standard InChI is InChI=1S/C9H16O2/c1-9(2,3)11-8-5-4-7(10)6-8/h4-5,7-8,10H,6H2,1-3H3. The predicted molar refractivity (Wildman–Crippen MR) is 44.4 cm³/mol. The summed E-state index contributed by atoms with van der Waals surface area (Å²) in [6.45, 7) is 6.06. The molecule has 1 aliphatic carbocycles. The molecule has 0 saturated heterocycles. The zero-order chi connectivity index (χ0) is 8.48. The van der Waals surface area contributed by atoms with Gasteiger partial charge in [-0.3, -0.25) is 0 Å². The zero-order valence-electron chi connectivity index (χ0n) is 7.37. The average Bonchev–Trinajstić information content (AvgIpc) is 2.10. The first kappa shape index (κ1) is 8.75. The van der Waals surface area contributed by atoms with Gasteiger partial charge < -0.3 is 9.84 Å². The monoisotopic (exact) mass is 156 g/mol. The van der Waals surface area contributed by atoms with Gasteiger partial charge in [0.1, 0.15) is 0 Å². The van der Waals surface area contributed by atoms with Crippen molar-refractivity contribution >= 4 is 0 Å². The van der Waals surface area contributed by atoms with Crippen LogP contribution in [-0.4, -0.2) is 22.9 Å². The van der Waals surface area contributed by atoms with Crippen molar-refractivity contribution in [1.29, 1.82) is 0 Å². The third-order valence-corrected chi connectivity index (χ3v) is 1.53. The highest BCUT2D eigenvalue weighted by Crippen LogP contribution is 2.20. The number of aliphatic hydroxyl groups is 1. The molecule has 0 aromatic carbocycles. The zero-order valence-corrected chi connectivity index (χ0v) is 7.37. The highest BCUT2D eigenvalue weighted by Gasteiger charge is 2.22. The molecule has 0 bridgehead atoms. The van der Waals surface area contributed by atoms with E-state index in [-0.39, 0.29) is 17.8 Å². The van der Waals surface area contributed by atoms with Crippen LogP contribution in [0.1, 0.15) is 27.2 Å². The van der Waals surface area contributed by atoms with Gasteiger partial charge in [0.15, 0.2) is 0 Å². The van der Waals surface area contributed by atoms with Crippen LogP contribution in [0.3, 0.4) is 0 Å². The smallest absolute Gasteiger partial charge is 0.0791 e. The van der Waals surface area contributed by atoms with Crippen molar-refractivity contribution in [2.75, 3.05) is 0 Å². The fraction of sp³-hybridized carbons (Fsp3) is 0.778. The van der Waals surface area contributed by atoms with Crippen molar-refractivity contribution in [3.63, 3.8) is 0 Å². The molecule has 0 aromatic rings. The molecule has 0 heterocycles. The molecular formula is C9H16O2. The highest BCUT2D eigenvalue weighted by atomic mass is 16.5. The van der Waals surface area contributed by atoms with Crippen molar-refractivity contribution in [2.45, 2.75) is 45.0 Å². The van der Waals surface area contributed by atoms with Gasteiger partial charge in [-0.1, -0.05) is 12.2 Å². The number of ether oxygens (including phenoxy) is 1. The van der Waals surface area contributed by atoms with Gasteiger partial charge in [0.25, 0.3) is 0 Å². The maximum atomic E-state index is 9.13. The van der Waals surface area contributed by atoms with Gasteiger partial charge in [0.2, 0.25) is 0 Å². The summed E-state index contributed by atoms with van der Waals surface area (Å²) in [5.41, 5.74) is -0.112. The van der Waals surface area contributed by atoms with E-state index in [1.165, 1.54) is 0 Å². The van der Waals surface area contributed by atoms with Crippen LogP contribution in [0, 0.1) is 0 Å². The molecule has 64 valence electrons.